The fourth-order valence-electron chi connectivity index (χ4n) is 2.73. The van der Waals surface area contributed by atoms with Gasteiger partial charge in [0, 0.05) is 6.04 Å². The van der Waals surface area contributed by atoms with Gasteiger partial charge in [-0.15, -0.1) is 0 Å². The molecule has 1 aliphatic heterocycles. The minimum absolute atomic E-state index is 0.856. The standard InChI is InChI=1S/C12H24N2/c1-14-8-6-11(7-9-14)10-13-12-4-2-3-5-12/h11-13H,2-10H2,1H3. The van der Waals surface area contributed by atoms with Crippen LogP contribution >= 0.6 is 0 Å². The van der Waals surface area contributed by atoms with Crippen molar-refractivity contribution in [2.75, 3.05) is 26.7 Å². The van der Waals surface area contributed by atoms with Gasteiger partial charge in [-0.25, -0.2) is 0 Å². The number of piperidine rings is 1. The van der Waals surface area contributed by atoms with Crippen molar-refractivity contribution < 1.29 is 0 Å². The van der Waals surface area contributed by atoms with Crippen molar-refractivity contribution in [3.63, 3.8) is 0 Å². The lowest BCUT2D eigenvalue weighted by Gasteiger charge is -2.29. The maximum atomic E-state index is 3.75. The van der Waals surface area contributed by atoms with Gasteiger partial charge >= 0.3 is 0 Å². The van der Waals surface area contributed by atoms with Crippen molar-refractivity contribution in [3.8, 4) is 0 Å². The van der Waals surface area contributed by atoms with Crippen molar-refractivity contribution in [1.29, 1.82) is 0 Å². The SMILES string of the molecule is CN1CCC(CNC2CCCC2)CC1. The average Bonchev–Trinajstić information content (AvgIpc) is 2.70. The molecule has 2 aliphatic rings. The highest BCUT2D eigenvalue weighted by atomic mass is 15.1. The van der Waals surface area contributed by atoms with Gasteiger partial charge in [-0.1, -0.05) is 12.8 Å². The quantitative estimate of drug-likeness (QED) is 0.741. The van der Waals surface area contributed by atoms with E-state index in [9.17, 15) is 0 Å². The Morgan fingerprint density at radius 2 is 1.71 bits per heavy atom. The van der Waals surface area contributed by atoms with Gasteiger partial charge in [0.2, 0.25) is 0 Å². The van der Waals surface area contributed by atoms with Gasteiger partial charge in [0.25, 0.3) is 0 Å². The molecule has 0 aromatic carbocycles. The highest BCUT2D eigenvalue weighted by Gasteiger charge is 2.19. The molecule has 2 fully saturated rings. The maximum Gasteiger partial charge on any atom is 0.00671 e. The van der Waals surface area contributed by atoms with E-state index in [-0.39, 0.29) is 0 Å². The number of rotatable bonds is 3. The van der Waals surface area contributed by atoms with E-state index in [2.05, 4.69) is 17.3 Å². The molecule has 0 spiro atoms. The summed E-state index contributed by atoms with van der Waals surface area (Å²) in [6.07, 6.45) is 8.54. The van der Waals surface area contributed by atoms with Crippen LogP contribution < -0.4 is 5.32 Å². The van der Waals surface area contributed by atoms with Crippen LogP contribution in [0.5, 0.6) is 0 Å². The van der Waals surface area contributed by atoms with Gasteiger partial charge < -0.3 is 10.2 Å². The second kappa shape index (κ2) is 5.13. The van der Waals surface area contributed by atoms with E-state index < -0.39 is 0 Å². The van der Waals surface area contributed by atoms with E-state index in [4.69, 9.17) is 0 Å². The second-order valence-electron chi connectivity index (χ2n) is 5.14. The molecule has 82 valence electrons. The molecule has 0 aromatic heterocycles. The number of hydrogen-bond acceptors (Lipinski definition) is 2. The van der Waals surface area contributed by atoms with Crippen LogP contribution in [-0.4, -0.2) is 37.6 Å². The predicted octanol–water partition coefficient (Wildman–Crippen LogP) is 1.86. The number of nitrogens with one attached hydrogen (secondary N) is 1. The van der Waals surface area contributed by atoms with Crippen molar-refractivity contribution in [2.45, 2.75) is 44.6 Å². The maximum absolute atomic E-state index is 3.75. The van der Waals surface area contributed by atoms with Gasteiger partial charge in [0.15, 0.2) is 0 Å². The number of likely N-dealkylation sites (tertiary alicyclic amines) is 1. The summed E-state index contributed by atoms with van der Waals surface area (Å²) in [7, 11) is 2.24. The molecule has 0 amide bonds. The summed E-state index contributed by atoms with van der Waals surface area (Å²) in [6.45, 7) is 3.88. The van der Waals surface area contributed by atoms with E-state index in [1.807, 2.05) is 0 Å². The molecule has 0 radical (unpaired) electrons. The van der Waals surface area contributed by atoms with Crippen LogP contribution in [0.1, 0.15) is 38.5 Å². The summed E-state index contributed by atoms with van der Waals surface area (Å²) in [5.41, 5.74) is 0. The highest BCUT2D eigenvalue weighted by molar-refractivity contribution is 4.77. The van der Waals surface area contributed by atoms with Crippen molar-refractivity contribution in [2.24, 2.45) is 5.92 Å². The van der Waals surface area contributed by atoms with Crippen LogP contribution in [0.2, 0.25) is 0 Å². The monoisotopic (exact) mass is 196 g/mol. The van der Waals surface area contributed by atoms with Crippen molar-refractivity contribution in [1.82, 2.24) is 10.2 Å². The minimum atomic E-state index is 0.856. The summed E-state index contributed by atoms with van der Waals surface area (Å²) in [4.78, 5) is 2.45. The molecule has 1 saturated carbocycles. The molecule has 1 aliphatic carbocycles. The molecule has 2 nitrogen and oxygen atoms in total. The van der Waals surface area contributed by atoms with E-state index >= 15 is 0 Å². The lowest BCUT2D eigenvalue weighted by molar-refractivity contribution is 0.212. The molecule has 0 bridgehead atoms. The van der Waals surface area contributed by atoms with Gasteiger partial charge in [-0.3, -0.25) is 0 Å². The molecule has 2 heteroatoms. The Labute approximate surface area is 88.1 Å². The zero-order valence-corrected chi connectivity index (χ0v) is 9.47. The van der Waals surface area contributed by atoms with Crippen LogP contribution in [0.15, 0.2) is 0 Å². The third-order valence-electron chi connectivity index (χ3n) is 3.89. The first-order valence-electron chi connectivity index (χ1n) is 6.26. The summed E-state index contributed by atoms with van der Waals surface area (Å²) < 4.78 is 0. The fourth-order valence-corrected chi connectivity index (χ4v) is 2.73. The smallest absolute Gasteiger partial charge is 0.00671 e. The lowest BCUT2D eigenvalue weighted by atomic mass is 9.97. The predicted molar refractivity (Wildman–Crippen MR) is 60.5 cm³/mol. The van der Waals surface area contributed by atoms with E-state index in [0.717, 1.165) is 12.0 Å². The molecule has 0 atom stereocenters. The minimum Gasteiger partial charge on any atom is -0.314 e. The Kier molecular flexibility index (Phi) is 3.82. The third-order valence-corrected chi connectivity index (χ3v) is 3.89. The summed E-state index contributed by atoms with van der Waals surface area (Å²) >= 11 is 0. The topological polar surface area (TPSA) is 15.3 Å². The number of nitrogens with zero attached hydrogens (tertiary/aromatic N) is 1. The Bertz CT molecular complexity index is 156. The van der Waals surface area contributed by atoms with Crippen LogP contribution in [0.25, 0.3) is 0 Å². The molecule has 0 unspecified atom stereocenters. The first-order chi connectivity index (χ1) is 6.84. The summed E-state index contributed by atoms with van der Waals surface area (Å²) in [5, 5.41) is 3.75. The van der Waals surface area contributed by atoms with E-state index in [1.165, 1.54) is 58.2 Å². The summed E-state index contributed by atoms with van der Waals surface area (Å²) in [6, 6.07) is 0.856. The molecule has 1 saturated heterocycles. The van der Waals surface area contributed by atoms with Crippen molar-refractivity contribution in [3.05, 3.63) is 0 Å². The Morgan fingerprint density at radius 3 is 2.36 bits per heavy atom. The lowest BCUT2D eigenvalue weighted by Crippen LogP contribution is -2.37. The van der Waals surface area contributed by atoms with E-state index in [0.29, 0.717) is 0 Å². The molecular weight excluding hydrogens is 172 g/mol. The second-order valence-corrected chi connectivity index (χ2v) is 5.14. The zero-order valence-electron chi connectivity index (χ0n) is 9.47. The average molecular weight is 196 g/mol. The normalized spacial score (nSPS) is 27.2. The molecular formula is C12H24N2. The molecule has 0 aromatic rings. The first kappa shape index (κ1) is 10.4. The summed E-state index contributed by atoms with van der Waals surface area (Å²) in [5.74, 6) is 0.951. The van der Waals surface area contributed by atoms with Gasteiger partial charge in [-0.2, -0.15) is 0 Å². The van der Waals surface area contributed by atoms with Gasteiger partial charge in [0.1, 0.15) is 0 Å². The van der Waals surface area contributed by atoms with Crippen LogP contribution in [0.3, 0.4) is 0 Å². The fraction of sp³-hybridized carbons (Fsp3) is 1.00. The van der Waals surface area contributed by atoms with Crippen LogP contribution in [-0.2, 0) is 0 Å². The number of hydrogen-bond donors (Lipinski definition) is 1. The zero-order chi connectivity index (χ0) is 9.80. The van der Waals surface area contributed by atoms with E-state index in [1.54, 1.807) is 0 Å². The van der Waals surface area contributed by atoms with Crippen molar-refractivity contribution >= 4 is 0 Å². The van der Waals surface area contributed by atoms with Crippen LogP contribution in [0, 0.1) is 5.92 Å². The Morgan fingerprint density at radius 1 is 1.07 bits per heavy atom. The third kappa shape index (κ3) is 2.96. The molecule has 14 heavy (non-hydrogen) atoms. The molecule has 1 N–H and O–H groups in total. The molecule has 2 rings (SSSR count). The van der Waals surface area contributed by atoms with Gasteiger partial charge in [0.05, 0.1) is 0 Å². The Balaban J connectivity index is 1.60. The largest absolute Gasteiger partial charge is 0.314 e. The van der Waals surface area contributed by atoms with Gasteiger partial charge in [-0.05, 0) is 58.3 Å². The Hall–Kier alpha value is -0.0800. The highest BCUT2D eigenvalue weighted by Crippen LogP contribution is 2.19. The molecule has 1 heterocycles. The first-order valence-corrected chi connectivity index (χ1v) is 6.26. The van der Waals surface area contributed by atoms with Crippen LogP contribution in [0.4, 0.5) is 0 Å².